The molecule has 0 heterocycles. The standard InChI is InChI=1S/C28H25NO4/c1-28(2,21-10-14-23(30)15-11-21)20-8-12-22(13-9-20)29-27(31)33-26-18-16-25(17-19-26)32-24-6-4-3-5-7-24/h3-19,30H,1-2H3,(H,29,31). The van der Waals surface area contributed by atoms with Gasteiger partial charge in [0.1, 0.15) is 23.0 Å². The molecule has 5 heteroatoms. The highest BCUT2D eigenvalue weighted by Crippen LogP contribution is 2.33. The molecular formula is C28H25NO4. The molecule has 1 amide bonds. The lowest BCUT2D eigenvalue weighted by molar-refractivity contribution is 0.215. The van der Waals surface area contributed by atoms with Crippen LogP contribution in [0.2, 0.25) is 0 Å². The van der Waals surface area contributed by atoms with Gasteiger partial charge in [-0.2, -0.15) is 0 Å². The van der Waals surface area contributed by atoms with Gasteiger partial charge in [0.15, 0.2) is 0 Å². The fraction of sp³-hybridized carbons (Fsp3) is 0.107. The maximum Gasteiger partial charge on any atom is 0.417 e. The Morgan fingerprint density at radius 3 is 1.82 bits per heavy atom. The third-order valence-corrected chi connectivity index (χ3v) is 5.46. The Balaban J connectivity index is 1.35. The highest BCUT2D eigenvalue weighted by atomic mass is 16.6. The van der Waals surface area contributed by atoms with Gasteiger partial charge in [-0.05, 0) is 71.8 Å². The number of hydrogen-bond acceptors (Lipinski definition) is 4. The van der Waals surface area contributed by atoms with Crippen molar-refractivity contribution in [3.63, 3.8) is 0 Å². The van der Waals surface area contributed by atoms with Crippen LogP contribution in [0.3, 0.4) is 0 Å². The van der Waals surface area contributed by atoms with Crippen LogP contribution in [0.15, 0.2) is 103 Å². The number of anilines is 1. The summed E-state index contributed by atoms with van der Waals surface area (Å²) in [5.41, 5.74) is 2.55. The molecular weight excluding hydrogens is 414 g/mol. The van der Waals surface area contributed by atoms with Crippen molar-refractivity contribution >= 4 is 11.8 Å². The summed E-state index contributed by atoms with van der Waals surface area (Å²) < 4.78 is 11.1. The second-order valence-electron chi connectivity index (χ2n) is 8.15. The summed E-state index contributed by atoms with van der Waals surface area (Å²) in [5.74, 6) is 2.05. The number of para-hydroxylation sites is 1. The van der Waals surface area contributed by atoms with Crippen LogP contribution in [0.1, 0.15) is 25.0 Å². The van der Waals surface area contributed by atoms with Crippen LogP contribution in [0.25, 0.3) is 0 Å². The van der Waals surface area contributed by atoms with Crippen LogP contribution >= 0.6 is 0 Å². The molecule has 0 fully saturated rings. The molecule has 4 rings (SSSR count). The number of hydrogen-bond donors (Lipinski definition) is 2. The Kier molecular flexibility index (Phi) is 6.31. The lowest BCUT2D eigenvalue weighted by Crippen LogP contribution is -2.19. The summed E-state index contributed by atoms with van der Waals surface area (Å²) >= 11 is 0. The van der Waals surface area contributed by atoms with Crippen LogP contribution in [0, 0.1) is 0 Å². The molecule has 0 radical (unpaired) electrons. The minimum atomic E-state index is -0.572. The first-order valence-corrected chi connectivity index (χ1v) is 10.6. The van der Waals surface area contributed by atoms with Gasteiger partial charge in [-0.1, -0.05) is 56.3 Å². The lowest BCUT2D eigenvalue weighted by atomic mass is 9.78. The van der Waals surface area contributed by atoms with Crippen molar-refractivity contribution in [2.24, 2.45) is 0 Å². The lowest BCUT2D eigenvalue weighted by Gasteiger charge is -2.26. The molecule has 0 saturated carbocycles. The molecule has 5 nitrogen and oxygen atoms in total. The summed E-state index contributed by atoms with van der Waals surface area (Å²) in [6.45, 7) is 4.22. The smallest absolute Gasteiger partial charge is 0.417 e. The maximum atomic E-state index is 12.3. The Labute approximate surface area is 193 Å². The van der Waals surface area contributed by atoms with Gasteiger partial charge < -0.3 is 14.6 Å². The Morgan fingerprint density at radius 1 is 0.697 bits per heavy atom. The molecule has 0 aliphatic carbocycles. The number of phenolic OH excluding ortho intramolecular Hbond substituents is 1. The molecule has 0 bridgehead atoms. The molecule has 33 heavy (non-hydrogen) atoms. The van der Waals surface area contributed by atoms with Gasteiger partial charge in [0.25, 0.3) is 0 Å². The molecule has 0 aliphatic rings. The van der Waals surface area contributed by atoms with Gasteiger partial charge in [-0.25, -0.2) is 4.79 Å². The van der Waals surface area contributed by atoms with E-state index in [1.54, 1.807) is 36.4 Å². The van der Waals surface area contributed by atoms with Crippen molar-refractivity contribution in [3.8, 4) is 23.0 Å². The SMILES string of the molecule is CC(C)(c1ccc(O)cc1)c1ccc(NC(=O)Oc2ccc(Oc3ccccc3)cc2)cc1. The van der Waals surface area contributed by atoms with Crippen molar-refractivity contribution in [2.75, 3.05) is 5.32 Å². The molecule has 4 aromatic carbocycles. The van der Waals surface area contributed by atoms with E-state index >= 15 is 0 Å². The van der Waals surface area contributed by atoms with E-state index < -0.39 is 6.09 Å². The van der Waals surface area contributed by atoms with Crippen molar-refractivity contribution in [3.05, 3.63) is 114 Å². The molecule has 0 unspecified atom stereocenters. The van der Waals surface area contributed by atoms with E-state index in [-0.39, 0.29) is 11.2 Å². The van der Waals surface area contributed by atoms with Crippen molar-refractivity contribution < 1.29 is 19.4 Å². The fourth-order valence-electron chi connectivity index (χ4n) is 3.47. The molecule has 0 spiro atoms. The van der Waals surface area contributed by atoms with Crippen LogP contribution in [0.4, 0.5) is 10.5 Å². The molecule has 2 N–H and O–H groups in total. The van der Waals surface area contributed by atoms with Crippen LogP contribution in [0.5, 0.6) is 23.0 Å². The third-order valence-electron chi connectivity index (χ3n) is 5.46. The van der Waals surface area contributed by atoms with E-state index in [0.717, 1.165) is 16.9 Å². The zero-order valence-corrected chi connectivity index (χ0v) is 18.5. The maximum absolute atomic E-state index is 12.3. The Hall–Kier alpha value is -4.25. The van der Waals surface area contributed by atoms with Gasteiger partial charge in [-0.3, -0.25) is 5.32 Å². The first kappa shape index (κ1) is 22.0. The molecule has 4 aromatic rings. The quantitative estimate of drug-likeness (QED) is 0.336. The number of carbonyl (C=O) groups is 1. The zero-order chi connectivity index (χ0) is 23.3. The minimum absolute atomic E-state index is 0.242. The average molecular weight is 440 g/mol. The fourth-order valence-corrected chi connectivity index (χ4v) is 3.47. The summed E-state index contributed by atoms with van der Waals surface area (Å²) in [5, 5.41) is 12.3. The number of benzene rings is 4. The van der Waals surface area contributed by atoms with Crippen molar-refractivity contribution in [1.82, 2.24) is 0 Å². The van der Waals surface area contributed by atoms with Gasteiger partial charge >= 0.3 is 6.09 Å². The highest BCUT2D eigenvalue weighted by Gasteiger charge is 2.23. The highest BCUT2D eigenvalue weighted by molar-refractivity contribution is 5.86. The predicted octanol–water partition coefficient (Wildman–Crippen LogP) is 7.12. The average Bonchev–Trinajstić information content (AvgIpc) is 2.82. The monoisotopic (exact) mass is 439 g/mol. The van der Waals surface area contributed by atoms with E-state index in [1.807, 2.05) is 66.7 Å². The number of nitrogens with one attached hydrogen (secondary N) is 1. The number of carbonyl (C=O) groups excluding carboxylic acids is 1. The Morgan fingerprint density at radius 2 is 1.21 bits per heavy atom. The summed E-state index contributed by atoms with van der Waals surface area (Å²) in [6, 6.07) is 31.1. The van der Waals surface area contributed by atoms with E-state index in [9.17, 15) is 9.90 Å². The molecule has 0 saturated heterocycles. The topological polar surface area (TPSA) is 67.8 Å². The summed E-state index contributed by atoms with van der Waals surface area (Å²) in [6.07, 6.45) is -0.572. The summed E-state index contributed by atoms with van der Waals surface area (Å²) in [4.78, 5) is 12.3. The van der Waals surface area contributed by atoms with E-state index in [2.05, 4.69) is 19.2 Å². The predicted molar refractivity (Wildman–Crippen MR) is 129 cm³/mol. The second kappa shape index (κ2) is 9.49. The Bertz CT molecular complexity index is 1200. The molecule has 0 aromatic heterocycles. The molecule has 0 aliphatic heterocycles. The van der Waals surface area contributed by atoms with Crippen LogP contribution in [-0.2, 0) is 5.41 Å². The van der Waals surface area contributed by atoms with Gasteiger partial charge in [-0.15, -0.1) is 0 Å². The number of aromatic hydroxyl groups is 1. The molecule has 0 atom stereocenters. The number of ether oxygens (including phenoxy) is 2. The first-order chi connectivity index (χ1) is 15.9. The van der Waals surface area contributed by atoms with Crippen molar-refractivity contribution in [2.45, 2.75) is 19.3 Å². The van der Waals surface area contributed by atoms with Crippen LogP contribution < -0.4 is 14.8 Å². The number of phenols is 1. The van der Waals surface area contributed by atoms with Gasteiger partial charge in [0.2, 0.25) is 0 Å². The normalized spacial score (nSPS) is 11.0. The van der Waals surface area contributed by atoms with E-state index in [4.69, 9.17) is 9.47 Å². The zero-order valence-electron chi connectivity index (χ0n) is 18.5. The summed E-state index contributed by atoms with van der Waals surface area (Å²) in [7, 11) is 0. The molecule has 166 valence electrons. The van der Waals surface area contributed by atoms with E-state index in [0.29, 0.717) is 17.2 Å². The van der Waals surface area contributed by atoms with Crippen molar-refractivity contribution in [1.29, 1.82) is 0 Å². The third kappa shape index (κ3) is 5.52. The number of amides is 1. The number of rotatable bonds is 6. The first-order valence-electron chi connectivity index (χ1n) is 10.6. The van der Waals surface area contributed by atoms with Gasteiger partial charge in [0.05, 0.1) is 0 Å². The minimum Gasteiger partial charge on any atom is -0.508 e. The van der Waals surface area contributed by atoms with E-state index in [1.165, 1.54) is 0 Å². The second-order valence-corrected chi connectivity index (χ2v) is 8.15. The van der Waals surface area contributed by atoms with Gasteiger partial charge in [0, 0.05) is 11.1 Å². The van der Waals surface area contributed by atoms with Crippen LogP contribution in [-0.4, -0.2) is 11.2 Å². The largest absolute Gasteiger partial charge is 0.508 e.